The van der Waals surface area contributed by atoms with Crippen molar-refractivity contribution in [2.45, 2.75) is 65.5 Å². The molecule has 1 saturated heterocycles. The van der Waals surface area contributed by atoms with Gasteiger partial charge >= 0.3 is 0 Å². The third kappa shape index (κ3) is 3.48. The van der Waals surface area contributed by atoms with Crippen LogP contribution in [0.15, 0.2) is 0 Å². The van der Waals surface area contributed by atoms with Gasteiger partial charge in [0, 0.05) is 18.6 Å². The zero-order chi connectivity index (χ0) is 13.1. The molecule has 1 aliphatic heterocycles. The summed E-state index contributed by atoms with van der Waals surface area (Å²) in [5, 5.41) is 3.88. The second kappa shape index (κ2) is 6.38. The van der Waals surface area contributed by atoms with Crippen LogP contribution in [0.3, 0.4) is 0 Å². The van der Waals surface area contributed by atoms with E-state index in [-0.39, 0.29) is 0 Å². The van der Waals surface area contributed by atoms with Crippen LogP contribution in [0.4, 0.5) is 0 Å². The minimum Gasteiger partial charge on any atom is -0.313 e. The van der Waals surface area contributed by atoms with Gasteiger partial charge in [-0.15, -0.1) is 0 Å². The summed E-state index contributed by atoms with van der Waals surface area (Å²) in [7, 11) is 0. The van der Waals surface area contributed by atoms with E-state index in [9.17, 15) is 0 Å². The first-order valence-corrected chi connectivity index (χ1v) is 8.05. The van der Waals surface area contributed by atoms with E-state index in [0.29, 0.717) is 0 Å². The minimum absolute atomic E-state index is 0.726. The molecule has 2 fully saturated rings. The van der Waals surface area contributed by atoms with Crippen LogP contribution in [0, 0.1) is 17.8 Å². The van der Waals surface area contributed by atoms with Gasteiger partial charge in [0.25, 0.3) is 0 Å². The summed E-state index contributed by atoms with van der Waals surface area (Å²) >= 11 is 0. The van der Waals surface area contributed by atoms with E-state index in [2.05, 4.69) is 37.9 Å². The molecule has 0 aromatic carbocycles. The van der Waals surface area contributed by atoms with Crippen LogP contribution in [0.5, 0.6) is 0 Å². The number of hydrogen-bond donors (Lipinski definition) is 1. The van der Waals surface area contributed by atoms with Gasteiger partial charge in [0.1, 0.15) is 0 Å². The summed E-state index contributed by atoms with van der Waals surface area (Å²) in [4.78, 5) is 2.62. The molecule has 4 unspecified atom stereocenters. The molecule has 106 valence electrons. The Morgan fingerprint density at radius 2 is 1.94 bits per heavy atom. The van der Waals surface area contributed by atoms with Gasteiger partial charge in [0.05, 0.1) is 0 Å². The molecule has 18 heavy (non-hydrogen) atoms. The Morgan fingerprint density at radius 1 is 1.17 bits per heavy atom. The van der Waals surface area contributed by atoms with Crippen LogP contribution in [0.1, 0.15) is 53.4 Å². The van der Waals surface area contributed by atoms with E-state index < -0.39 is 0 Å². The Hall–Kier alpha value is -0.0800. The molecule has 1 N–H and O–H groups in total. The standard InChI is InChI=1S/C16H32N2/c1-12(2)18-9-8-15(11-18)10-17-16-7-5-6-13(3)14(16)4/h12-17H,5-11H2,1-4H3. The van der Waals surface area contributed by atoms with Crippen LogP contribution in [-0.4, -0.2) is 36.6 Å². The van der Waals surface area contributed by atoms with Crippen LogP contribution in [-0.2, 0) is 0 Å². The highest BCUT2D eigenvalue weighted by atomic mass is 15.2. The summed E-state index contributed by atoms with van der Waals surface area (Å²) in [5.41, 5.74) is 0. The zero-order valence-corrected chi connectivity index (χ0v) is 12.8. The fraction of sp³-hybridized carbons (Fsp3) is 1.00. The lowest BCUT2D eigenvalue weighted by molar-refractivity contribution is 0.198. The molecule has 2 heteroatoms. The van der Waals surface area contributed by atoms with Crippen molar-refractivity contribution in [3.05, 3.63) is 0 Å². The van der Waals surface area contributed by atoms with E-state index in [0.717, 1.165) is 29.8 Å². The molecular weight excluding hydrogens is 220 g/mol. The Labute approximate surface area is 114 Å². The monoisotopic (exact) mass is 252 g/mol. The topological polar surface area (TPSA) is 15.3 Å². The Kier molecular flexibility index (Phi) is 5.08. The molecule has 1 saturated carbocycles. The normalized spacial score (nSPS) is 38.5. The third-order valence-electron chi connectivity index (χ3n) is 5.42. The molecule has 0 aromatic rings. The summed E-state index contributed by atoms with van der Waals surface area (Å²) in [5.74, 6) is 2.66. The molecule has 2 aliphatic rings. The number of rotatable bonds is 4. The highest BCUT2D eigenvalue weighted by molar-refractivity contribution is 4.85. The fourth-order valence-corrected chi connectivity index (χ4v) is 3.69. The van der Waals surface area contributed by atoms with Gasteiger partial charge in [-0.05, 0) is 57.5 Å². The van der Waals surface area contributed by atoms with Gasteiger partial charge < -0.3 is 10.2 Å². The lowest BCUT2D eigenvalue weighted by Crippen LogP contribution is -2.43. The van der Waals surface area contributed by atoms with Crippen molar-refractivity contribution in [1.29, 1.82) is 0 Å². The molecular formula is C16H32N2. The maximum absolute atomic E-state index is 3.88. The highest BCUT2D eigenvalue weighted by Crippen LogP contribution is 2.29. The lowest BCUT2D eigenvalue weighted by atomic mass is 9.78. The van der Waals surface area contributed by atoms with Crippen molar-refractivity contribution in [3.63, 3.8) is 0 Å². The van der Waals surface area contributed by atoms with E-state index in [1.54, 1.807) is 0 Å². The molecule has 0 spiro atoms. The number of likely N-dealkylation sites (tertiary alicyclic amines) is 1. The SMILES string of the molecule is CC1CCCC(NCC2CCN(C(C)C)C2)C1C. The average Bonchev–Trinajstić information content (AvgIpc) is 2.80. The zero-order valence-electron chi connectivity index (χ0n) is 12.8. The summed E-state index contributed by atoms with van der Waals surface area (Å²) in [6.07, 6.45) is 5.64. The highest BCUT2D eigenvalue weighted by Gasteiger charge is 2.29. The minimum atomic E-state index is 0.726. The molecule has 0 bridgehead atoms. The van der Waals surface area contributed by atoms with Gasteiger partial charge in [0.2, 0.25) is 0 Å². The maximum Gasteiger partial charge on any atom is 0.00953 e. The maximum atomic E-state index is 3.88. The van der Waals surface area contributed by atoms with Gasteiger partial charge in [-0.3, -0.25) is 0 Å². The van der Waals surface area contributed by atoms with Crippen molar-refractivity contribution < 1.29 is 0 Å². The van der Waals surface area contributed by atoms with Crippen LogP contribution in [0.2, 0.25) is 0 Å². The fourth-order valence-electron chi connectivity index (χ4n) is 3.69. The largest absolute Gasteiger partial charge is 0.313 e. The van der Waals surface area contributed by atoms with Crippen LogP contribution in [0.25, 0.3) is 0 Å². The molecule has 0 amide bonds. The van der Waals surface area contributed by atoms with E-state index in [1.807, 2.05) is 0 Å². The lowest BCUT2D eigenvalue weighted by Gasteiger charge is -2.35. The molecule has 2 rings (SSSR count). The van der Waals surface area contributed by atoms with E-state index in [4.69, 9.17) is 0 Å². The third-order valence-corrected chi connectivity index (χ3v) is 5.42. The predicted molar refractivity (Wildman–Crippen MR) is 78.8 cm³/mol. The first-order valence-electron chi connectivity index (χ1n) is 8.05. The van der Waals surface area contributed by atoms with Gasteiger partial charge in [-0.2, -0.15) is 0 Å². The first-order chi connectivity index (χ1) is 8.58. The summed E-state index contributed by atoms with van der Waals surface area (Å²) in [6, 6.07) is 1.51. The van der Waals surface area contributed by atoms with E-state index >= 15 is 0 Å². The molecule has 0 aromatic heterocycles. The van der Waals surface area contributed by atoms with Crippen LogP contribution >= 0.6 is 0 Å². The van der Waals surface area contributed by atoms with Crippen molar-refractivity contribution in [2.75, 3.05) is 19.6 Å². The second-order valence-corrected chi connectivity index (χ2v) is 7.03. The Morgan fingerprint density at radius 3 is 2.61 bits per heavy atom. The van der Waals surface area contributed by atoms with Gasteiger partial charge in [-0.1, -0.05) is 26.7 Å². The number of nitrogens with one attached hydrogen (secondary N) is 1. The van der Waals surface area contributed by atoms with Crippen molar-refractivity contribution in [1.82, 2.24) is 10.2 Å². The van der Waals surface area contributed by atoms with Crippen LogP contribution < -0.4 is 5.32 Å². The number of nitrogens with zero attached hydrogens (tertiary/aromatic N) is 1. The van der Waals surface area contributed by atoms with Crippen molar-refractivity contribution in [3.8, 4) is 0 Å². The molecule has 0 radical (unpaired) electrons. The Balaban J connectivity index is 1.72. The second-order valence-electron chi connectivity index (χ2n) is 7.03. The number of hydrogen-bond acceptors (Lipinski definition) is 2. The summed E-state index contributed by atoms with van der Waals surface area (Å²) < 4.78 is 0. The van der Waals surface area contributed by atoms with Gasteiger partial charge in [-0.25, -0.2) is 0 Å². The van der Waals surface area contributed by atoms with E-state index in [1.165, 1.54) is 45.3 Å². The molecule has 1 heterocycles. The molecule has 1 aliphatic carbocycles. The smallest absolute Gasteiger partial charge is 0.00953 e. The summed E-state index contributed by atoms with van der Waals surface area (Å²) in [6.45, 7) is 13.4. The molecule has 2 nitrogen and oxygen atoms in total. The van der Waals surface area contributed by atoms with Crippen molar-refractivity contribution >= 4 is 0 Å². The van der Waals surface area contributed by atoms with Gasteiger partial charge in [0.15, 0.2) is 0 Å². The first kappa shape index (κ1) is 14.3. The van der Waals surface area contributed by atoms with Crippen molar-refractivity contribution in [2.24, 2.45) is 17.8 Å². The quantitative estimate of drug-likeness (QED) is 0.827. The molecule has 4 atom stereocenters. The average molecular weight is 252 g/mol. The predicted octanol–water partition coefficient (Wildman–Crippen LogP) is 3.13. The Bertz CT molecular complexity index is 251.